The molecule has 1 aromatic heterocycles. The number of benzene rings is 2. The Morgan fingerprint density at radius 3 is 2.57 bits per heavy atom. The van der Waals surface area contributed by atoms with E-state index in [1.165, 1.54) is 6.07 Å². The highest BCUT2D eigenvalue weighted by Crippen LogP contribution is 2.41. The minimum atomic E-state index is -0.554. The summed E-state index contributed by atoms with van der Waals surface area (Å²) in [7, 11) is 0. The molecule has 2 aromatic carbocycles. The van der Waals surface area contributed by atoms with E-state index in [4.69, 9.17) is 0 Å². The van der Waals surface area contributed by atoms with Gasteiger partial charge >= 0.3 is 0 Å². The quantitative estimate of drug-likeness (QED) is 0.698. The summed E-state index contributed by atoms with van der Waals surface area (Å²) in [6.07, 6.45) is 5.74. The summed E-state index contributed by atoms with van der Waals surface area (Å²) >= 11 is 0. The first-order valence-electron chi connectivity index (χ1n) is 9.64. The molecular formula is C22H21FN4O. The van der Waals surface area contributed by atoms with E-state index < -0.39 is 6.04 Å². The third-order valence-corrected chi connectivity index (χ3v) is 5.49. The molecule has 0 N–H and O–H groups in total. The maximum atomic E-state index is 14.0. The van der Waals surface area contributed by atoms with Gasteiger partial charge in [-0.25, -0.2) is 4.39 Å². The highest BCUT2D eigenvalue weighted by atomic mass is 19.1. The first-order chi connectivity index (χ1) is 13.7. The number of fused-ring (bicyclic) bond motifs is 1. The Hall–Kier alpha value is -3.15. The van der Waals surface area contributed by atoms with Crippen LogP contribution in [-0.4, -0.2) is 34.8 Å². The molecule has 1 aliphatic carbocycles. The molecule has 0 bridgehead atoms. The predicted octanol–water partition coefficient (Wildman–Crippen LogP) is 3.63. The molecule has 5 nitrogen and oxygen atoms in total. The van der Waals surface area contributed by atoms with E-state index in [0.29, 0.717) is 19.1 Å². The molecule has 5 rings (SSSR count). The van der Waals surface area contributed by atoms with Gasteiger partial charge < -0.3 is 9.80 Å². The number of amides is 1. The van der Waals surface area contributed by atoms with E-state index in [0.717, 1.165) is 29.8 Å². The molecule has 1 amide bonds. The van der Waals surface area contributed by atoms with Crippen LogP contribution in [0.2, 0.25) is 0 Å². The number of halogens is 1. The molecule has 1 aliphatic heterocycles. The monoisotopic (exact) mass is 376 g/mol. The molecule has 0 saturated heterocycles. The number of nitrogens with zero attached hydrogens (tertiary/aromatic N) is 4. The lowest BCUT2D eigenvalue weighted by Crippen LogP contribution is -2.47. The van der Waals surface area contributed by atoms with Gasteiger partial charge in [0.1, 0.15) is 5.82 Å². The molecule has 1 atom stereocenters. The second-order valence-corrected chi connectivity index (χ2v) is 7.35. The zero-order valence-corrected chi connectivity index (χ0v) is 15.4. The summed E-state index contributed by atoms with van der Waals surface area (Å²) in [5, 5.41) is 4.33. The van der Waals surface area contributed by atoms with Crippen LogP contribution in [0.15, 0.2) is 67.0 Å². The van der Waals surface area contributed by atoms with Crippen LogP contribution < -0.4 is 9.80 Å². The molecule has 142 valence electrons. The highest BCUT2D eigenvalue weighted by Gasteiger charge is 2.38. The van der Waals surface area contributed by atoms with Crippen molar-refractivity contribution in [3.05, 3.63) is 78.4 Å². The Balaban J connectivity index is 1.56. The topological polar surface area (TPSA) is 41.4 Å². The van der Waals surface area contributed by atoms with Crippen LogP contribution in [-0.2, 0) is 4.79 Å². The maximum Gasteiger partial charge on any atom is 0.256 e. The normalized spacial score (nSPS) is 17.3. The zero-order valence-electron chi connectivity index (χ0n) is 15.4. The Morgan fingerprint density at radius 2 is 1.86 bits per heavy atom. The Labute approximate surface area is 163 Å². The molecule has 1 saturated carbocycles. The molecular weight excluding hydrogens is 355 g/mol. The lowest BCUT2D eigenvalue weighted by Gasteiger charge is -2.39. The summed E-state index contributed by atoms with van der Waals surface area (Å²) in [6.45, 7) is 1.30. The number of hydrogen-bond acceptors (Lipinski definition) is 3. The highest BCUT2D eigenvalue weighted by molar-refractivity contribution is 6.01. The van der Waals surface area contributed by atoms with Crippen molar-refractivity contribution in [2.45, 2.75) is 24.9 Å². The zero-order chi connectivity index (χ0) is 19.1. The van der Waals surface area contributed by atoms with Crippen molar-refractivity contribution >= 4 is 17.3 Å². The van der Waals surface area contributed by atoms with Crippen molar-refractivity contribution in [3.63, 3.8) is 0 Å². The Morgan fingerprint density at radius 1 is 1.04 bits per heavy atom. The first kappa shape index (κ1) is 17.0. The van der Waals surface area contributed by atoms with Gasteiger partial charge in [0, 0.05) is 31.5 Å². The number of aromatic nitrogens is 2. The SMILES string of the molecule is O=C(C(c1ccccc1)n1cccn1)N1CCN(C2CC2)c2cc(F)ccc21. The standard InChI is InChI=1S/C22H21FN4O/c23-17-7-10-19-20(15-17)25(18-8-9-18)13-14-26(19)22(28)21(27-12-4-11-24-27)16-5-2-1-3-6-16/h1-7,10-12,15,18,21H,8-9,13-14H2. The van der Waals surface area contributed by atoms with Gasteiger partial charge in [0.25, 0.3) is 5.91 Å². The van der Waals surface area contributed by atoms with Crippen LogP contribution in [0.1, 0.15) is 24.4 Å². The lowest BCUT2D eigenvalue weighted by molar-refractivity contribution is -0.120. The van der Waals surface area contributed by atoms with Crippen LogP contribution in [0.4, 0.5) is 15.8 Å². The second kappa shape index (κ2) is 6.78. The Kier molecular flexibility index (Phi) is 4.11. The summed E-state index contributed by atoms with van der Waals surface area (Å²) < 4.78 is 15.7. The minimum absolute atomic E-state index is 0.0572. The van der Waals surface area contributed by atoms with E-state index in [9.17, 15) is 9.18 Å². The number of anilines is 2. The van der Waals surface area contributed by atoms with Crippen molar-refractivity contribution in [2.75, 3.05) is 22.9 Å². The first-order valence-corrected chi connectivity index (χ1v) is 9.64. The van der Waals surface area contributed by atoms with Crippen LogP contribution >= 0.6 is 0 Å². The fourth-order valence-corrected chi connectivity index (χ4v) is 4.02. The molecule has 0 spiro atoms. The molecule has 0 radical (unpaired) electrons. The molecule has 1 unspecified atom stereocenters. The summed E-state index contributed by atoms with van der Waals surface area (Å²) in [4.78, 5) is 17.7. The van der Waals surface area contributed by atoms with Crippen molar-refractivity contribution in [1.82, 2.24) is 9.78 Å². The average molecular weight is 376 g/mol. The lowest BCUT2D eigenvalue weighted by atomic mass is 10.0. The van der Waals surface area contributed by atoms with E-state index in [2.05, 4.69) is 10.00 Å². The van der Waals surface area contributed by atoms with Gasteiger partial charge in [-0.2, -0.15) is 5.10 Å². The van der Waals surface area contributed by atoms with E-state index in [1.807, 2.05) is 42.6 Å². The molecule has 3 aromatic rings. The molecule has 6 heteroatoms. The molecule has 1 fully saturated rings. The maximum absolute atomic E-state index is 14.0. The van der Waals surface area contributed by atoms with Gasteiger partial charge in [0.15, 0.2) is 6.04 Å². The van der Waals surface area contributed by atoms with E-state index in [1.54, 1.807) is 27.9 Å². The van der Waals surface area contributed by atoms with Crippen molar-refractivity contribution < 1.29 is 9.18 Å². The fraction of sp³-hybridized carbons (Fsp3) is 0.273. The van der Waals surface area contributed by atoms with Gasteiger partial charge in [0.05, 0.1) is 11.4 Å². The number of rotatable bonds is 4. The van der Waals surface area contributed by atoms with Crippen LogP contribution in [0.25, 0.3) is 0 Å². The van der Waals surface area contributed by atoms with Gasteiger partial charge in [-0.3, -0.25) is 9.48 Å². The fourth-order valence-electron chi connectivity index (χ4n) is 4.02. The molecule has 2 aliphatic rings. The minimum Gasteiger partial charge on any atom is -0.365 e. The average Bonchev–Trinajstić information content (AvgIpc) is 3.43. The van der Waals surface area contributed by atoms with E-state index in [-0.39, 0.29) is 11.7 Å². The summed E-state index contributed by atoms with van der Waals surface area (Å²) in [6, 6.07) is 16.1. The van der Waals surface area contributed by atoms with Crippen molar-refractivity contribution in [3.8, 4) is 0 Å². The van der Waals surface area contributed by atoms with E-state index >= 15 is 0 Å². The third kappa shape index (κ3) is 2.95. The summed E-state index contributed by atoms with van der Waals surface area (Å²) in [5.74, 6) is -0.330. The Bertz CT molecular complexity index is 985. The van der Waals surface area contributed by atoms with Gasteiger partial charge in [0.2, 0.25) is 0 Å². The number of carbonyl (C=O) groups excluding carboxylic acids is 1. The van der Waals surface area contributed by atoms with Gasteiger partial charge in [-0.1, -0.05) is 30.3 Å². The van der Waals surface area contributed by atoms with Gasteiger partial charge in [-0.05, 0) is 42.7 Å². The smallest absolute Gasteiger partial charge is 0.256 e. The largest absolute Gasteiger partial charge is 0.365 e. The number of hydrogen-bond donors (Lipinski definition) is 0. The van der Waals surface area contributed by atoms with Gasteiger partial charge in [-0.15, -0.1) is 0 Å². The van der Waals surface area contributed by atoms with Crippen molar-refractivity contribution in [1.29, 1.82) is 0 Å². The predicted molar refractivity (Wildman–Crippen MR) is 106 cm³/mol. The molecule has 28 heavy (non-hydrogen) atoms. The molecule has 2 heterocycles. The second-order valence-electron chi connectivity index (χ2n) is 7.35. The summed E-state index contributed by atoms with van der Waals surface area (Å²) in [5.41, 5.74) is 2.47. The number of carbonyl (C=O) groups is 1. The van der Waals surface area contributed by atoms with Crippen LogP contribution in [0.5, 0.6) is 0 Å². The third-order valence-electron chi connectivity index (χ3n) is 5.49. The van der Waals surface area contributed by atoms with Crippen LogP contribution in [0, 0.1) is 5.82 Å². The van der Waals surface area contributed by atoms with Crippen LogP contribution in [0.3, 0.4) is 0 Å². The van der Waals surface area contributed by atoms with Crippen molar-refractivity contribution in [2.24, 2.45) is 0 Å².